The molecule has 1 aliphatic rings. The van der Waals surface area contributed by atoms with Gasteiger partial charge in [0.2, 0.25) is 0 Å². The molecule has 1 aliphatic heterocycles. The maximum absolute atomic E-state index is 13.0. The second-order valence-electron chi connectivity index (χ2n) is 8.55. The molecule has 0 aliphatic carbocycles. The van der Waals surface area contributed by atoms with Gasteiger partial charge in [-0.1, -0.05) is 13.8 Å². The number of piperazine rings is 1. The van der Waals surface area contributed by atoms with E-state index in [1.54, 1.807) is 23.1 Å². The van der Waals surface area contributed by atoms with Crippen LogP contribution in [0.5, 0.6) is 0 Å². The van der Waals surface area contributed by atoms with Gasteiger partial charge in [0.05, 0.1) is 4.92 Å². The lowest BCUT2D eigenvalue weighted by Gasteiger charge is -2.36. The predicted molar refractivity (Wildman–Crippen MR) is 124 cm³/mol. The zero-order chi connectivity index (χ0) is 23.4. The highest BCUT2D eigenvalue weighted by atomic mass is 16.6. The molecule has 0 atom stereocenters. The van der Waals surface area contributed by atoms with E-state index in [-0.39, 0.29) is 17.2 Å². The van der Waals surface area contributed by atoms with Crippen LogP contribution in [-0.4, -0.2) is 46.5 Å². The van der Waals surface area contributed by atoms with Gasteiger partial charge in [0.15, 0.2) is 0 Å². The zero-order valence-electron chi connectivity index (χ0n) is 19.0. The fourth-order valence-corrected chi connectivity index (χ4v) is 4.04. The summed E-state index contributed by atoms with van der Waals surface area (Å²) in [6, 6.07) is 10.5. The Morgan fingerprint density at radius 2 is 1.81 bits per heavy atom. The number of amides is 1. The maximum atomic E-state index is 13.0. The summed E-state index contributed by atoms with van der Waals surface area (Å²) in [5.74, 6) is 0.241. The number of rotatable bonds is 6. The number of carbonyl (C=O) groups is 1. The Labute approximate surface area is 188 Å². The molecular formula is C24H29N5O3. The van der Waals surface area contributed by atoms with Crippen molar-refractivity contribution < 1.29 is 9.72 Å². The molecule has 0 bridgehead atoms. The fourth-order valence-electron chi connectivity index (χ4n) is 4.04. The first-order valence-corrected chi connectivity index (χ1v) is 10.8. The average Bonchev–Trinajstić information content (AvgIpc) is 3.04. The number of aromatic nitrogens is 1. The van der Waals surface area contributed by atoms with E-state index >= 15 is 0 Å². The first-order valence-electron chi connectivity index (χ1n) is 10.8. The molecule has 1 aromatic heterocycles. The summed E-state index contributed by atoms with van der Waals surface area (Å²) in [4.78, 5) is 27.2. The number of non-ortho nitro benzene ring substituents is 1. The van der Waals surface area contributed by atoms with Gasteiger partial charge in [-0.2, -0.15) is 5.26 Å². The number of nitrogens with zero attached hydrogens (tertiary/aromatic N) is 5. The number of nitriles is 1. The van der Waals surface area contributed by atoms with E-state index in [1.807, 2.05) is 19.9 Å². The zero-order valence-corrected chi connectivity index (χ0v) is 19.0. The van der Waals surface area contributed by atoms with E-state index in [9.17, 15) is 20.2 Å². The minimum Gasteiger partial charge on any atom is -0.368 e. The molecule has 2 aromatic rings. The van der Waals surface area contributed by atoms with Gasteiger partial charge in [0, 0.05) is 61.9 Å². The third-order valence-electron chi connectivity index (χ3n) is 5.80. The largest absolute Gasteiger partial charge is 0.368 e. The molecule has 1 saturated heterocycles. The summed E-state index contributed by atoms with van der Waals surface area (Å²) in [6.07, 6.45) is 1.70. The lowest BCUT2D eigenvalue weighted by Crippen LogP contribution is -2.49. The topological polar surface area (TPSA) is 95.4 Å². The van der Waals surface area contributed by atoms with Gasteiger partial charge in [-0.15, -0.1) is 0 Å². The van der Waals surface area contributed by atoms with Crippen molar-refractivity contribution in [1.82, 2.24) is 9.47 Å². The molecule has 2 heterocycles. The van der Waals surface area contributed by atoms with Gasteiger partial charge in [-0.3, -0.25) is 14.9 Å². The molecule has 1 fully saturated rings. The molecule has 8 heteroatoms. The van der Waals surface area contributed by atoms with Crippen LogP contribution >= 0.6 is 0 Å². The first-order chi connectivity index (χ1) is 15.2. The Balaban J connectivity index is 1.69. The number of hydrogen-bond donors (Lipinski definition) is 0. The number of aryl methyl sites for hydroxylation is 1. The van der Waals surface area contributed by atoms with Crippen LogP contribution in [0.3, 0.4) is 0 Å². The molecular weight excluding hydrogens is 406 g/mol. The highest BCUT2D eigenvalue weighted by Crippen LogP contribution is 2.23. The quantitative estimate of drug-likeness (QED) is 0.297. The number of benzene rings is 1. The molecule has 8 nitrogen and oxygen atoms in total. The molecule has 168 valence electrons. The van der Waals surface area contributed by atoms with Crippen LogP contribution in [0.2, 0.25) is 0 Å². The van der Waals surface area contributed by atoms with Crippen molar-refractivity contribution in [1.29, 1.82) is 5.26 Å². The van der Waals surface area contributed by atoms with E-state index in [4.69, 9.17) is 0 Å². The number of hydrogen-bond acceptors (Lipinski definition) is 5. The van der Waals surface area contributed by atoms with Gasteiger partial charge in [-0.25, -0.2) is 0 Å². The highest BCUT2D eigenvalue weighted by molar-refractivity contribution is 6.02. The Hall–Kier alpha value is -3.60. The summed E-state index contributed by atoms with van der Waals surface area (Å²) in [6.45, 7) is 11.5. The fraction of sp³-hybridized carbons (Fsp3) is 0.417. The summed E-state index contributed by atoms with van der Waals surface area (Å²) in [5, 5.41) is 20.5. The monoisotopic (exact) mass is 435 g/mol. The molecule has 0 saturated carbocycles. The number of nitro groups is 1. The van der Waals surface area contributed by atoms with Crippen LogP contribution < -0.4 is 4.90 Å². The number of anilines is 1. The lowest BCUT2D eigenvalue weighted by atomic mass is 10.1. The Morgan fingerprint density at radius 1 is 1.19 bits per heavy atom. The molecule has 3 rings (SSSR count). The van der Waals surface area contributed by atoms with Gasteiger partial charge < -0.3 is 14.4 Å². The normalized spacial score (nSPS) is 14.6. The van der Waals surface area contributed by atoms with Crippen LogP contribution in [0.15, 0.2) is 35.9 Å². The molecule has 1 aromatic carbocycles. The number of nitro benzene ring substituents is 1. The molecule has 0 N–H and O–H groups in total. The Kier molecular flexibility index (Phi) is 6.98. The van der Waals surface area contributed by atoms with Crippen LogP contribution in [0.25, 0.3) is 6.08 Å². The van der Waals surface area contributed by atoms with E-state index < -0.39 is 4.92 Å². The van der Waals surface area contributed by atoms with E-state index in [0.29, 0.717) is 32.1 Å². The summed E-state index contributed by atoms with van der Waals surface area (Å²) in [7, 11) is 0. The van der Waals surface area contributed by atoms with Crippen LogP contribution in [0.1, 0.15) is 30.8 Å². The Morgan fingerprint density at radius 3 is 2.34 bits per heavy atom. The number of carbonyl (C=O) groups excluding carboxylic acids is 1. The first kappa shape index (κ1) is 23.1. The van der Waals surface area contributed by atoms with E-state index in [2.05, 4.69) is 29.4 Å². The molecule has 32 heavy (non-hydrogen) atoms. The van der Waals surface area contributed by atoms with Gasteiger partial charge in [0.25, 0.3) is 11.6 Å². The van der Waals surface area contributed by atoms with Crippen molar-refractivity contribution in [2.45, 2.75) is 34.2 Å². The second-order valence-corrected chi connectivity index (χ2v) is 8.55. The predicted octanol–water partition coefficient (Wildman–Crippen LogP) is 3.92. The summed E-state index contributed by atoms with van der Waals surface area (Å²) < 4.78 is 2.22. The van der Waals surface area contributed by atoms with Gasteiger partial charge in [-0.05, 0) is 49.6 Å². The summed E-state index contributed by atoms with van der Waals surface area (Å²) >= 11 is 0. The SMILES string of the molecule is Cc1cc(/C=C(/C#N)C(=O)N2CCN(c3ccc([N+](=O)[O-])cc3)CC2)c(C)n1CC(C)C. The molecule has 0 unspecified atom stereocenters. The second kappa shape index (κ2) is 9.69. The van der Waals surface area contributed by atoms with Crippen LogP contribution in [0.4, 0.5) is 11.4 Å². The van der Waals surface area contributed by atoms with Crippen molar-refractivity contribution in [3.05, 3.63) is 63.0 Å². The standard InChI is InChI=1S/C24H29N5O3/c1-17(2)16-28-18(3)13-20(19(28)4)14-21(15-25)24(30)27-11-9-26(10-12-27)22-5-7-23(8-6-22)29(31)32/h5-8,13-14,17H,9-12,16H2,1-4H3/b21-14-. The highest BCUT2D eigenvalue weighted by Gasteiger charge is 2.24. The maximum Gasteiger partial charge on any atom is 0.269 e. The van der Waals surface area contributed by atoms with Gasteiger partial charge in [0.1, 0.15) is 11.6 Å². The van der Waals surface area contributed by atoms with Crippen molar-refractivity contribution in [3.63, 3.8) is 0 Å². The smallest absolute Gasteiger partial charge is 0.269 e. The molecule has 0 spiro atoms. The van der Waals surface area contributed by atoms with Crippen molar-refractivity contribution >= 4 is 23.4 Å². The van der Waals surface area contributed by atoms with Crippen molar-refractivity contribution in [3.8, 4) is 6.07 Å². The third-order valence-corrected chi connectivity index (χ3v) is 5.80. The Bertz CT molecular complexity index is 1070. The third kappa shape index (κ3) is 4.99. The van der Waals surface area contributed by atoms with Gasteiger partial charge >= 0.3 is 0 Å². The molecule has 0 radical (unpaired) electrons. The summed E-state index contributed by atoms with van der Waals surface area (Å²) in [5.41, 5.74) is 4.15. The lowest BCUT2D eigenvalue weighted by molar-refractivity contribution is -0.384. The van der Waals surface area contributed by atoms with Crippen molar-refractivity contribution in [2.24, 2.45) is 5.92 Å². The van der Waals surface area contributed by atoms with E-state index in [1.165, 1.54) is 12.1 Å². The minimum absolute atomic E-state index is 0.0547. The average molecular weight is 436 g/mol. The van der Waals surface area contributed by atoms with Crippen molar-refractivity contribution in [2.75, 3.05) is 31.1 Å². The van der Waals surface area contributed by atoms with E-state index in [0.717, 1.165) is 29.2 Å². The minimum atomic E-state index is -0.420. The van der Waals surface area contributed by atoms with Crippen LogP contribution in [0, 0.1) is 41.2 Å². The molecule has 1 amide bonds. The van der Waals surface area contributed by atoms with Crippen LogP contribution in [-0.2, 0) is 11.3 Å².